The fourth-order valence-corrected chi connectivity index (χ4v) is 3.98. The summed E-state index contributed by atoms with van der Waals surface area (Å²) < 4.78 is 19.2. The molecule has 1 heterocycles. The van der Waals surface area contributed by atoms with Crippen LogP contribution in [0.3, 0.4) is 0 Å². The van der Waals surface area contributed by atoms with Crippen molar-refractivity contribution in [1.82, 2.24) is 0 Å². The number of halogens is 3. The Bertz CT molecular complexity index is 1260. The number of benzene rings is 3. The van der Waals surface area contributed by atoms with Crippen molar-refractivity contribution in [2.45, 2.75) is 6.04 Å². The number of aliphatic hydroxyl groups is 1. The summed E-state index contributed by atoms with van der Waals surface area (Å²) in [5.41, 5.74) is 0.835. The van der Waals surface area contributed by atoms with Crippen molar-refractivity contribution in [3.8, 4) is 5.75 Å². The van der Waals surface area contributed by atoms with Gasteiger partial charge in [0.2, 0.25) is 0 Å². The van der Waals surface area contributed by atoms with Crippen LogP contribution in [0.15, 0.2) is 72.3 Å². The summed E-state index contributed by atoms with van der Waals surface area (Å²) in [4.78, 5) is 27.4. The zero-order valence-corrected chi connectivity index (χ0v) is 18.2. The molecule has 1 aliphatic heterocycles. The standard InChI is InChI=1S/C24H16Cl2FNO4/c1-32-19-5-3-2-4-16(19)21-20(22(29)13-6-8-14(25)9-7-13)23(30)24(31)28(21)15-10-11-18(27)17(26)12-15/h2-12,21,29H,1H3/b22-20+. The molecule has 1 unspecified atom stereocenters. The number of ketones is 1. The number of carbonyl (C=O) groups excluding carboxylic acids is 2. The molecule has 0 aromatic heterocycles. The van der Waals surface area contributed by atoms with Gasteiger partial charge in [0.05, 0.1) is 23.7 Å². The van der Waals surface area contributed by atoms with Crippen molar-refractivity contribution in [3.05, 3.63) is 99.3 Å². The predicted octanol–water partition coefficient (Wildman–Crippen LogP) is 5.77. The summed E-state index contributed by atoms with van der Waals surface area (Å²) >= 11 is 11.9. The highest BCUT2D eigenvalue weighted by atomic mass is 35.5. The highest BCUT2D eigenvalue weighted by Gasteiger charge is 2.48. The zero-order chi connectivity index (χ0) is 23.0. The first-order valence-electron chi connectivity index (χ1n) is 9.48. The maximum absolute atomic E-state index is 13.8. The highest BCUT2D eigenvalue weighted by Crippen LogP contribution is 2.45. The fraction of sp³-hybridized carbons (Fsp3) is 0.0833. The molecule has 1 saturated heterocycles. The smallest absolute Gasteiger partial charge is 0.300 e. The Labute approximate surface area is 193 Å². The Balaban J connectivity index is 1.99. The number of methoxy groups -OCH3 is 1. The lowest BCUT2D eigenvalue weighted by atomic mass is 9.94. The molecule has 3 aromatic carbocycles. The Hall–Kier alpha value is -3.35. The van der Waals surface area contributed by atoms with Crippen LogP contribution in [0.1, 0.15) is 17.2 Å². The predicted molar refractivity (Wildman–Crippen MR) is 121 cm³/mol. The first-order valence-corrected chi connectivity index (χ1v) is 10.2. The minimum absolute atomic E-state index is 0.137. The van der Waals surface area contributed by atoms with Gasteiger partial charge in [-0.25, -0.2) is 4.39 Å². The van der Waals surface area contributed by atoms with Crippen LogP contribution in [0.4, 0.5) is 10.1 Å². The molecule has 3 aromatic rings. The molecular weight excluding hydrogens is 456 g/mol. The van der Waals surface area contributed by atoms with Gasteiger partial charge in [-0.3, -0.25) is 14.5 Å². The normalized spacial score (nSPS) is 17.6. The molecule has 0 saturated carbocycles. The largest absolute Gasteiger partial charge is 0.507 e. The van der Waals surface area contributed by atoms with Crippen LogP contribution in [-0.2, 0) is 9.59 Å². The quantitative estimate of drug-likeness (QED) is 0.298. The molecule has 1 fully saturated rings. The van der Waals surface area contributed by atoms with Gasteiger partial charge in [-0.05, 0) is 48.5 Å². The minimum atomic E-state index is -1.04. The number of Topliss-reactive ketones (excluding diaryl/α,β-unsaturated/α-hetero) is 1. The molecule has 4 rings (SSSR count). The topological polar surface area (TPSA) is 66.8 Å². The van der Waals surface area contributed by atoms with Crippen LogP contribution in [0.5, 0.6) is 5.75 Å². The van der Waals surface area contributed by atoms with Crippen molar-refractivity contribution in [2.75, 3.05) is 12.0 Å². The maximum Gasteiger partial charge on any atom is 0.300 e. The maximum atomic E-state index is 13.8. The average molecular weight is 472 g/mol. The number of hydrogen-bond donors (Lipinski definition) is 1. The molecule has 0 bridgehead atoms. The molecule has 162 valence electrons. The van der Waals surface area contributed by atoms with E-state index in [0.717, 1.165) is 6.07 Å². The number of carbonyl (C=O) groups is 2. The van der Waals surface area contributed by atoms with Gasteiger partial charge in [0.25, 0.3) is 11.7 Å². The molecular formula is C24H16Cl2FNO4. The van der Waals surface area contributed by atoms with E-state index < -0.39 is 23.5 Å². The number of ether oxygens (including phenoxy) is 1. The Kier molecular flexibility index (Phi) is 5.91. The number of amides is 1. The van der Waals surface area contributed by atoms with E-state index in [1.165, 1.54) is 24.1 Å². The van der Waals surface area contributed by atoms with Crippen LogP contribution in [0, 0.1) is 5.82 Å². The second-order valence-corrected chi connectivity index (χ2v) is 7.86. The number of anilines is 1. The second-order valence-electron chi connectivity index (χ2n) is 7.02. The molecule has 0 radical (unpaired) electrons. The van der Waals surface area contributed by atoms with Crippen molar-refractivity contribution < 1.29 is 23.8 Å². The van der Waals surface area contributed by atoms with Gasteiger partial charge in [0.1, 0.15) is 17.3 Å². The summed E-state index contributed by atoms with van der Waals surface area (Å²) in [6.45, 7) is 0. The van der Waals surface area contributed by atoms with Crippen molar-refractivity contribution >= 4 is 46.3 Å². The van der Waals surface area contributed by atoms with Gasteiger partial charge >= 0.3 is 0 Å². The number of para-hydroxylation sites is 1. The van der Waals surface area contributed by atoms with Gasteiger partial charge in [0, 0.05) is 21.8 Å². The van der Waals surface area contributed by atoms with E-state index in [4.69, 9.17) is 27.9 Å². The van der Waals surface area contributed by atoms with Crippen molar-refractivity contribution in [3.63, 3.8) is 0 Å². The minimum Gasteiger partial charge on any atom is -0.507 e. The molecule has 0 aliphatic carbocycles. The highest BCUT2D eigenvalue weighted by molar-refractivity contribution is 6.52. The monoisotopic (exact) mass is 471 g/mol. The first kappa shape index (κ1) is 21.9. The van der Waals surface area contributed by atoms with E-state index in [-0.39, 0.29) is 22.0 Å². The van der Waals surface area contributed by atoms with Gasteiger partial charge in [0.15, 0.2) is 0 Å². The van der Waals surface area contributed by atoms with E-state index in [1.807, 2.05) is 0 Å². The lowest BCUT2D eigenvalue weighted by Gasteiger charge is -2.26. The molecule has 0 spiro atoms. The SMILES string of the molecule is COc1ccccc1C1/C(=C(\O)c2ccc(Cl)cc2)C(=O)C(=O)N1c1ccc(F)c(Cl)c1. The molecule has 8 heteroatoms. The number of aliphatic hydroxyl groups excluding tert-OH is 1. The number of nitrogens with zero attached hydrogens (tertiary/aromatic N) is 1. The van der Waals surface area contributed by atoms with Crippen molar-refractivity contribution in [2.24, 2.45) is 0 Å². The number of hydrogen-bond acceptors (Lipinski definition) is 4. The summed E-state index contributed by atoms with van der Waals surface area (Å²) in [6.07, 6.45) is 0. The Morgan fingerprint density at radius 1 is 1.03 bits per heavy atom. The van der Waals surface area contributed by atoms with Gasteiger partial charge in [-0.15, -0.1) is 0 Å². The second kappa shape index (κ2) is 8.65. The summed E-state index contributed by atoms with van der Waals surface area (Å²) in [5.74, 6) is -2.42. The summed E-state index contributed by atoms with van der Waals surface area (Å²) in [6, 6.07) is 15.7. The van der Waals surface area contributed by atoms with E-state index in [9.17, 15) is 19.1 Å². The third-order valence-electron chi connectivity index (χ3n) is 5.18. The van der Waals surface area contributed by atoms with Gasteiger partial charge in [-0.1, -0.05) is 41.4 Å². The lowest BCUT2D eigenvalue weighted by Crippen LogP contribution is -2.29. The van der Waals surface area contributed by atoms with Gasteiger partial charge in [-0.2, -0.15) is 0 Å². The van der Waals surface area contributed by atoms with E-state index >= 15 is 0 Å². The van der Waals surface area contributed by atoms with Crippen molar-refractivity contribution in [1.29, 1.82) is 0 Å². The Morgan fingerprint density at radius 2 is 1.72 bits per heavy atom. The third kappa shape index (κ3) is 3.72. The fourth-order valence-electron chi connectivity index (χ4n) is 3.68. The zero-order valence-electron chi connectivity index (χ0n) is 16.7. The van der Waals surface area contributed by atoms with Gasteiger partial charge < -0.3 is 9.84 Å². The molecule has 1 N–H and O–H groups in total. The average Bonchev–Trinajstić information content (AvgIpc) is 3.06. The van der Waals surface area contributed by atoms with E-state index in [0.29, 0.717) is 21.9 Å². The van der Waals surface area contributed by atoms with Crippen LogP contribution in [0.2, 0.25) is 10.0 Å². The molecule has 32 heavy (non-hydrogen) atoms. The van der Waals surface area contributed by atoms with E-state index in [2.05, 4.69) is 0 Å². The lowest BCUT2D eigenvalue weighted by molar-refractivity contribution is -0.132. The van der Waals surface area contributed by atoms with Crippen LogP contribution in [0.25, 0.3) is 5.76 Å². The number of rotatable bonds is 4. The van der Waals surface area contributed by atoms with Crippen LogP contribution in [-0.4, -0.2) is 23.9 Å². The molecule has 1 aliphatic rings. The first-order chi connectivity index (χ1) is 15.3. The van der Waals surface area contributed by atoms with Crippen LogP contribution >= 0.6 is 23.2 Å². The third-order valence-corrected chi connectivity index (χ3v) is 5.72. The van der Waals surface area contributed by atoms with E-state index in [1.54, 1.807) is 48.5 Å². The molecule has 1 atom stereocenters. The summed E-state index contributed by atoms with van der Waals surface area (Å²) in [7, 11) is 1.46. The molecule has 1 amide bonds. The van der Waals surface area contributed by atoms with Crippen LogP contribution < -0.4 is 9.64 Å². The summed E-state index contributed by atoms with van der Waals surface area (Å²) in [5, 5.41) is 11.3. The Morgan fingerprint density at radius 3 is 2.38 bits per heavy atom. The molecule has 5 nitrogen and oxygen atoms in total.